The zero-order valence-corrected chi connectivity index (χ0v) is 17.6. The van der Waals surface area contributed by atoms with Crippen molar-refractivity contribution in [1.82, 2.24) is 19.7 Å². The Bertz CT molecular complexity index is 1050. The molecule has 0 unspecified atom stereocenters. The number of aromatic nitrogens is 3. The lowest BCUT2D eigenvalue weighted by molar-refractivity contribution is -0.117. The molecule has 1 amide bonds. The molecule has 8 heteroatoms. The van der Waals surface area contributed by atoms with Gasteiger partial charge in [0.2, 0.25) is 5.91 Å². The van der Waals surface area contributed by atoms with Crippen LogP contribution in [0.3, 0.4) is 0 Å². The largest absolute Gasteiger partial charge is 0.379 e. The number of para-hydroxylation sites is 1. The van der Waals surface area contributed by atoms with Gasteiger partial charge < -0.3 is 15.4 Å². The minimum atomic E-state index is -0.343. The van der Waals surface area contributed by atoms with Gasteiger partial charge in [-0.15, -0.1) is 10.2 Å². The van der Waals surface area contributed by atoms with E-state index in [2.05, 4.69) is 20.0 Å². The Balaban J connectivity index is 1.31. The molecule has 0 aliphatic carbocycles. The topological polar surface area (TPSA) is 89.5 Å². The van der Waals surface area contributed by atoms with Crippen LogP contribution in [0.4, 0.5) is 5.82 Å². The maximum Gasteiger partial charge on any atom is 0.221 e. The summed E-state index contributed by atoms with van der Waals surface area (Å²) < 4.78 is 7.46. The van der Waals surface area contributed by atoms with Crippen molar-refractivity contribution in [3.63, 3.8) is 0 Å². The molecule has 0 saturated carbocycles. The summed E-state index contributed by atoms with van der Waals surface area (Å²) in [5.74, 6) is 1.31. The predicted molar refractivity (Wildman–Crippen MR) is 119 cm³/mol. The first-order valence-electron chi connectivity index (χ1n) is 11.0. The molecule has 2 aliphatic heterocycles. The molecule has 2 aliphatic rings. The number of amides is 1. The molecular formula is C23H28N6O2. The quantitative estimate of drug-likeness (QED) is 0.676. The second-order valence-corrected chi connectivity index (χ2v) is 8.30. The van der Waals surface area contributed by atoms with Gasteiger partial charge in [0, 0.05) is 43.8 Å². The lowest BCUT2D eigenvalue weighted by Gasteiger charge is -2.40. The number of hydrogen-bond acceptors (Lipinski definition) is 6. The van der Waals surface area contributed by atoms with E-state index >= 15 is 0 Å². The van der Waals surface area contributed by atoms with Gasteiger partial charge in [0.15, 0.2) is 11.6 Å². The van der Waals surface area contributed by atoms with Crippen LogP contribution in [0.1, 0.15) is 18.4 Å². The number of ether oxygens (including phenoxy) is 1. The normalized spacial score (nSPS) is 18.5. The minimum absolute atomic E-state index is 0.205. The van der Waals surface area contributed by atoms with Gasteiger partial charge in [0.1, 0.15) is 0 Å². The first-order valence-corrected chi connectivity index (χ1v) is 11.0. The van der Waals surface area contributed by atoms with Crippen LogP contribution < -0.4 is 10.6 Å². The summed E-state index contributed by atoms with van der Waals surface area (Å²) in [6.45, 7) is 5.77. The minimum Gasteiger partial charge on any atom is -0.379 e. The van der Waals surface area contributed by atoms with E-state index in [9.17, 15) is 4.79 Å². The molecule has 3 aromatic rings. The molecule has 31 heavy (non-hydrogen) atoms. The van der Waals surface area contributed by atoms with E-state index in [1.54, 1.807) is 0 Å². The van der Waals surface area contributed by atoms with Gasteiger partial charge in [-0.1, -0.05) is 18.2 Å². The van der Waals surface area contributed by atoms with Crippen LogP contribution in [0.15, 0.2) is 42.6 Å². The summed E-state index contributed by atoms with van der Waals surface area (Å²) in [6, 6.07) is 12.6. The molecule has 2 aromatic heterocycles. The van der Waals surface area contributed by atoms with Gasteiger partial charge in [0.25, 0.3) is 0 Å². The number of fused-ring (bicyclic) bond motifs is 1. The molecule has 162 valence electrons. The maximum absolute atomic E-state index is 11.5. The van der Waals surface area contributed by atoms with Gasteiger partial charge in [-0.3, -0.25) is 14.3 Å². The number of carbonyl (C=O) groups excluding carboxylic acids is 1. The Morgan fingerprint density at radius 3 is 2.42 bits per heavy atom. The molecule has 0 atom stereocenters. The van der Waals surface area contributed by atoms with Crippen LogP contribution in [-0.4, -0.2) is 71.0 Å². The van der Waals surface area contributed by atoms with Gasteiger partial charge in [0.05, 0.1) is 25.2 Å². The van der Waals surface area contributed by atoms with Crippen LogP contribution >= 0.6 is 0 Å². The third-order valence-electron chi connectivity index (χ3n) is 6.39. The van der Waals surface area contributed by atoms with Crippen molar-refractivity contribution >= 4 is 22.6 Å². The lowest BCUT2D eigenvalue weighted by atomic mass is 10.0. The maximum atomic E-state index is 11.5. The fourth-order valence-corrected chi connectivity index (χ4v) is 4.79. The first kappa shape index (κ1) is 20.0. The number of morpholine rings is 1. The van der Waals surface area contributed by atoms with Crippen molar-refractivity contribution in [2.24, 2.45) is 5.73 Å². The Hall–Kier alpha value is -2.97. The number of nitrogens with two attached hydrogens (primary N) is 1. The molecule has 0 spiro atoms. The van der Waals surface area contributed by atoms with Gasteiger partial charge in [-0.2, -0.15) is 0 Å². The van der Waals surface area contributed by atoms with Crippen molar-refractivity contribution in [3.05, 3.63) is 48.2 Å². The van der Waals surface area contributed by atoms with Crippen LogP contribution in [0, 0.1) is 0 Å². The molecule has 2 fully saturated rings. The summed E-state index contributed by atoms with van der Waals surface area (Å²) in [5.41, 5.74) is 7.33. The number of anilines is 1. The number of primary amides is 1. The van der Waals surface area contributed by atoms with Crippen molar-refractivity contribution < 1.29 is 9.53 Å². The van der Waals surface area contributed by atoms with Crippen LogP contribution in [0.2, 0.25) is 0 Å². The van der Waals surface area contributed by atoms with Crippen molar-refractivity contribution in [3.8, 4) is 5.82 Å². The summed E-state index contributed by atoms with van der Waals surface area (Å²) in [5, 5.41) is 10.0. The zero-order chi connectivity index (χ0) is 21.2. The third-order valence-corrected chi connectivity index (χ3v) is 6.39. The van der Waals surface area contributed by atoms with Crippen LogP contribution in [0.5, 0.6) is 0 Å². The van der Waals surface area contributed by atoms with Crippen LogP contribution in [-0.2, 0) is 16.0 Å². The summed E-state index contributed by atoms with van der Waals surface area (Å²) in [4.78, 5) is 16.4. The number of benzene rings is 1. The number of piperidine rings is 1. The average molecular weight is 421 g/mol. The van der Waals surface area contributed by atoms with Crippen molar-refractivity contribution in [1.29, 1.82) is 0 Å². The molecule has 1 aromatic carbocycles. The van der Waals surface area contributed by atoms with Gasteiger partial charge in [-0.25, -0.2) is 0 Å². The summed E-state index contributed by atoms with van der Waals surface area (Å²) in [7, 11) is 0. The molecule has 5 rings (SSSR count). The summed E-state index contributed by atoms with van der Waals surface area (Å²) >= 11 is 0. The molecule has 2 saturated heterocycles. The highest BCUT2D eigenvalue weighted by Gasteiger charge is 2.26. The van der Waals surface area contributed by atoms with E-state index in [4.69, 9.17) is 10.5 Å². The molecule has 2 N–H and O–H groups in total. The fraction of sp³-hybridized carbons (Fsp3) is 0.435. The van der Waals surface area contributed by atoms with E-state index in [-0.39, 0.29) is 12.3 Å². The SMILES string of the molecule is NC(=O)Cc1cn(-c2ccc(N3CCC(N4CCOCC4)CC3)nn2)c2ccccc12. The average Bonchev–Trinajstić information content (AvgIpc) is 3.18. The number of hydrogen-bond donors (Lipinski definition) is 1. The van der Waals surface area contributed by atoms with Crippen molar-refractivity contribution in [2.75, 3.05) is 44.3 Å². The van der Waals surface area contributed by atoms with E-state index in [1.165, 1.54) is 0 Å². The first-order chi connectivity index (χ1) is 15.2. The summed E-state index contributed by atoms with van der Waals surface area (Å²) in [6.07, 6.45) is 4.42. The second kappa shape index (κ2) is 8.64. The van der Waals surface area contributed by atoms with E-state index in [0.29, 0.717) is 6.04 Å². The molecular weight excluding hydrogens is 392 g/mol. The highest BCUT2D eigenvalue weighted by atomic mass is 16.5. The Labute approximate surface area is 181 Å². The number of carbonyl (C=O) groups is 1. The van der Waals surface area contributed by atoms with Crippen molar-refractivity contribution in [2.45, 2.75) is 25.3 Å². The highest BCUT2D eigenvalue weighted by Crippen LogP contribution is 2.26. The molecule has 4 heterocycles. The van der Waals surface area contributed by atoms with E-state index in [0.717, 1.165) is 80.3 Å². The fourth-order valence-electron chi connectivity index (χ4n) is 4.79. The van der Waals surface area contributed by atoms with E-state index in [1.807, 2.05) is 47.2 Å². The van der Waals surface area contributed by atoms with Crippen LogP contribution in [0.25, 0.3) is 16.7 Å². The number of nitrogens with zero attached hydrogens (tertiary/aromatic N) is 5. The van der Waals surface area contributed by atoms with E-state index < -0.39 is 0 Å². The Kier molecular flexibility index (Phi) is 5.57. The smallest absolute Gasteiger partial charge is 0.221 e. The number of rotatable bonds is 5. The lowest BCUT2D eigenvalue weighted by Crippen LogP contribution is -2.49. The second-order valence-electron chi connectivity index (χ2n) is 8.30. The molecule has 8 nitrogen and oxygen atoms in total. The molecule has 0 bridgehead atoms. The standard InChI is InChI=1S/C23H28N6O2/c24-21(30)15-17-16-29(20-4-2-1-3-19(17)20)23-6-5-22(25-26-23)28-9-7-18(8-10-28)27-11-13-31-14-12-27/h1-6,16,18H,7-15H2,(H2,24,30). The monoisotopic (exact) mass is 420 g/mol. The Morgan fingerprint density at radius 2 is 1.71 bits per heavy atom. The zero-order valence-electron chi connectivity index (χ0n) is 17.6. The highest BCUT2D eigenvalue weighted by molar-refractivity contribution is 5.89. The third kappa shape index (κ3) is 4.13. The Morgan fingerprint density at radius 1 is 1.00 bits per heavy atom. The van der Waals surface area contributed by atoms with Gasteiger partial charge >= 0.3 is 0 Å². The van der Waals surface area contributed by atoms with Gasteiger partial charge in [-0.05, 0) is 36.6 Å². The predicted octanol–water partition coefficient (Wildman–Crippen LogP) is 1.75. The molecule has 0 radical (unpaired) electrons.